The van der Waals surface area contributed by atoms with Gasteiger partial charge in [-0.05, 0) is 36.8 Å². The third-order valence-corrected chi connectivity index (χ3v) is 6.06. The van der Waals surface area contributed by atoms with Gasteiger partial charge in [-0.2, -0.15) is 0 Å². The third kappa shape index (κ3) is 6.38. The quantitative estimate of drug-likeness (QED) is 0.294. The average Bonchev–Trinajstić information content (AvgIpc) is 2.98. The molecule has 0 bridgehead atoms. The molecule has 0 aromatic carbocycles. The Morgan fingerprint density at radius 3 is 2.49 bits per heavy atom. The van der Waals surface area contributed by atoms with E-state index >= 15 is 0 Å². The van der Waals surface area contributed by atoms with Gasteiger partial charge in [-0.1, -0.05) is 6.07 Å². The van der Waals surface area contributed by atoms with E-state index in [-0.39, 0.29) is 23.6 Å². The normalized spacial score (nSPS) is 10.7. The van der Waals surface area contributed by atoms with Crippen LogP contribution < -0.4 is 20.9 Å². The van der Waals surface area contributed by atoms with Crippen LogP contribution in [0.4, 0.5) is 15.9 Å². The first-order valence-electron chi connectivity index (χ1n) is 12.5. The number of aromatic nitrogens is 6. The van der Waals surface area contributed by atoms with E-state index in [9.17, 15) is 14.0 Å². The molecule has 0 aliphatic carbocycles. The first-order chi connectivity index (χ1) is 19.8. The molecule has 41 heavy (non-hydrogen) atoms. The summed E-state index contributed by atoms with van der Waals surface area (Å²) in [6.45, 7) is 1.90. The highest BCUT2D eigenvalue weighted by molar-refractivity contribution is 5.92. The van der Waals surface area contributed by atoms with Crippen molar-refractivity contribution in [3.05, 3.63) is 106 Å². The molecule has 206 valence electrons. The number of nitrogens with zero attached hydrogens (tertiary/aromatic N) is 6. The molecule has 5 aromatic heterocycles. The van der Waals surface area contributed by atoms with Gasteiger partial charge < -0.3 is 19.9 Å². The first kappa shape index (κ1) is 27.1. The number of methoxy groups -OCH3 is 1. The highest BCUT2D eigenvalue weighted by atomic mass is 19.1. The molecule has 5 rings (SSSR count). The lowest BCUT2D eigenvalue weighted by Gasteiger charge is -2.10. The number of hydrogen-bond donors (Lipinski definition) is 2. The largest absolute Gasteiger partial charge is 0.481 e. The van der Waals surface area contributed by atoms with E-state index in [1.807, 2.05) is 12.1 Å². The second-order valence-corrected chi connectivity index (χ2v) is 9.09. The Kier molecular flexibility index (Phi) is 7.72. The highest BCUT2D eigenvalue weighted by Crippen LogP contribution is 2.22. The van der Waals surface area contributed by atoms with Crippen molar-refractivity contribution in [2.75, 3.05) is 12.4 Å². The van der Waals surface area contributed by atoms with Crippen molar-refractivity contribution in [1.82, 2.24) is 34.8 Å². The molecule has 0 saturated carbocycles. The lowest BCUT2D eigenvalue weighted by atomic mass is 10.1. The molecule has 0 fully saturated rings. The number of nitrogens with one attached hydrogen (secondary N) is 2. The standard InChI is InChI=1S/C29H25FN8O3/c1-17-10-24(36-21-8-9-38(2)26(39)12-21)37-28(35-17)20-11-22(30)27(33-16-20)29(40)34-14-18-4-6-23(31-13-18)19-5-7-25(41-3)32-15-19/h4-13,15-16H,14H2,1-3H3,(H,34,40)(H,35,36,37). The van der Waals surface area contributed by atoms with E-state index in [4.69, 9.17) is 4.74 Å². The fraction of sp³-hybridized carbons (Fsp3) is 0.138. The van der Waals surface area contributed by atoms with Gasteiger partial charge in [0.1, 0.15) is 5.82 Å². The number of ether oxygens (including phenoxy) is 1. The maximum absolute atomic E-state index is 15.0. The minimum Gasteiger partial charge on any atom is -0.481 e. The predicted molar refractivity (Wildman–Crippen MR) is 150 cm³/mol. The Balaban J connectivity index is 1.25. The Labute approximate surface area is 234 Å². The fourth-order valence-electron chi connectivity index (χ4n) is 3.88. The van der Waals surface area contributed by atoms with Crippen LogP contribution in [0.3, 0.4) is 0 Å². The van der Waals surface area contributed by atoms with Crippen LogP contribution in [-0.4, -0.2) is 42.5 Å². The monoisotopic (exact) mass is 552 g/mol. The summed E-state index contributed by atoms with van der Waals surface area (Å²) in [5.74, 6) is -0.339. The number of hydrogen-bond acceptors (Lipinski definition) is 9. The summed E-state index contributed by atoms with van der Waals surface area (Å²) >= 11 is 0. The maximum Gasteiger partial charge on any atom is 0.273 e. The van der Waals surface area contributed by atoms with Crippen molar-refractivity contribution < 1.29 is 13.9 Å². The molecule has 12 heteroatoms. The number of anilines is 2. The van der Waals surface area contributed by atoms with E-state index in [0.29, 0.717) is 34.3 Å². The molecule has 0 spiro atoms. The molecular weight excluding hydrogens is 527 g/mol. The van der Waals surface area contributed by atoms with Crippen LogP contribution in [0, 0.1) is 12.7 Å². The molecule has 5 aromatic rings. The van der Waals surface area contributed by atoms with E-state index in [1.165, 1.54) is 16.8 Å². The van der Waals surface area contributed by atoms with Crippen LogP contribution >= 0.6 is 0 Å². The summed E-state index contributed by atoms with van der Waals surface area (Å²) in [5.41, 5.74) is 3.19. The van der Waals surface area contributed by atoms with Crippen LogP contribution in [0.2, 0.25) is 0 Å². The van der Waals surface area contributed by atoms with Crippen LogP contribution in [0.1, 0.15) is 21.7 Å². The van der Waals surface area contributed by atoms with Crippen molar-refractivity contribution in [3.63, 3.8) is 0 Å². The van der Waals surface area contributed by atoms with Crippen LogP contribution in [0.15, 0.2) is 78.1 Å². The van der Waals surface area contributed by atoms with Crippen molar-refractivity contribution in [2.45, 2.75) is 13.5 Å². The van der Waals surface area contributed by atoms with Crippen molar-refractivity contribution >= 4 is 17.4 Å². The zero-order valence-corrected chi connectivity index (χ0v) is 22.4. The van der Waals surface area contributed by atoms with Gasteiger partial charge in [-0.3, -0.25) is 14.6 Å². The molecule has 0 saturated heterocycles. The van der Waals surface area contributed by atoms with Gasteiger partial charge in [0.2, 0.25) is 5.88 Å². The zero-order chi connectivity index (χ0) is 28.9. The Morgan fingerprint density at radius 2 is 1.80 bits per heavy atom. The number of aryl methyl sites for hydroxylation is 2. The molecular formula is C29H25FN8O3. The van der Waals surface area contributed by atoms with Gasteiger partial charge in [0, 0.05) is 79.1 Å². The number of rotatable bonds is 8. The summed E-state index contributed by atoms with van der Waals surface area (Å²) in [7, 11) is 3.20. The van der Waals surface area contributed by atoms with Crippen molar-refractivity contribution in [2.24, 2.45) is 7.05 Å². The molecule has 2 N–H and O–H groups in total. The SMILES string of the molecule is COc1ccc(-c2ccc(CNC(=O)c3ncc(-c4nc(C)cc(Nc5ccn(C)c(=O)c5)n4)cc3F)cn2)cn1. The number of pyridine rings is 4. The number of carbonyl (C=O) groups is 1. The summed E-state index contributed by atoms with van der Waals surface area (Å²) in [6.07, 6.45) is 6.26. The molecule has 0 aliphatic rings. The minimum absolute atomic E-state index is 0.133. The van der Waals surface area contributed by atoms with Gasteiger partial charge in [0.15, 0.2) is 17.3 Å². The fourth-order valence-corrected chi connectivity index (χ4v) is 3.88. The Bertz CT molecular complexity index is 1770. The van der Waals surface area contributed by atoms with Crippen LogP contribution in [0.5, 0.6) is 5.88 Å². The van der Waals surface area contributed by atoms with Gasteiger partial charge in [0.05, 0.1) is 12.8 Å². The van der Waals surface area contributed by atoms with Gasteiger partial charge >= 0.3 is 0 Å². The minimum atomic E-state index is -0.813. The molecule has 0 unspecified atom stereocenters. The molecule has 0 atom stereocenters. The maximum atomic E-state index is 15.0. The summed E-state index contributed by atoms with van der Waals surface area (Å²) in [4.78, 5) is 46.0. The summed E-state index contributed by atoms with van der Waals surface area (Å²) in [6, 6.07) is 13.2. The summed E-state index contributed by atoms with van der Waals surface area (Å²) in [5, 5.41) is 5.73. The highest BCUT2D eigenvalue weighted by Gasteiger charge is 2.16. The molecule has 0 aliphatic heterocycles. The van der Waals surface area contributed by atoms with Crippen LogP contribution in [-0.2, 0) is 13.6 Å². The Hall–Kier alpha value is -5.52. The molecule has 0 radical (unpaired) electrons. The number of amides is 1. The van der Waals surface area contributed by atoms with E-state index in [0.717, 1.165) is 17.2 Å². The van der Waals surface area contributed by atoms with Crippen molar-refractivity contribution in [3.8, 4) is 28.5 Å². The molecule has 11 nitrogen and oxygen atoms in total. The third-order valence-electron chi connectivity index (χ3n) is 6.06. The number of carbonyl (C=O) groups excluding carboxylic acids is 1. The topological polar surface area (TPSA) is 137 Å². The van der Waals surface area contributed by atoms with Crippen LogP contribution in [0.25, 0.3) is 22.6 Å². The molecule has 5 heterocycles. The van der Waals surface area contributed by atoms with Gasteiger partial charge in [0.25, 0.3) is 11.5 Å². The Morgan fingerprint density at radius 1 is 0.976 bits per heavy atom. The van der Waals surface area contributed by atoms with Crippen molar-refractivity contribution in [1.29, 1.82) is 0 Å². The number of halogens is 1. The van der Waals surface area contributed by atoms with E-state index in [1.54, 1.807) is 63.9 Å². The predicted octanol–water partition coefficient (Wildman–Crippen LogP) is 3.82. The summed E-state index contributed by atoms with van der Waals surface area (Å²) < 4.78 is 21.5. The molecule has 1 amide bonds. The second kappa shape index (κ2) is 11.7. The van der Waals surface area contributed by atoms with E-state index in [2.05, 4.69) is 35.6 Å². The second-order valence-electron chi connectivity index (χ2n) is 9.09. The lowest BCUT2D eigenvalue weighted by Crippen LogP contribution is -2.25. The van der Waals surface area contributed by atoms with Gasteiger partial charge in [-0.25, -0.2) is 24.3 Å². The smallest absolute Gasteiger partial charge is 0.273 e. The average molecular weight is 553 g/mol. The zero-order valence-electron chi connectivity index (χ0n) is 22.4. The lowest BCUT2D eigenvalue weighted by molar-refractivity contribution is 0.0941. The van der Waals surface area contributed by atoms with Gasteiger partial charge in [-0.15, -0.1) is 0 Å². The van der Waals surface area contributed by atoms with E-state index < -0.39 is 11.7 Å². The first-order valence-corrected chi connectivity index (χ1v) is 12.5.